The lowest BCUT2D eigenvalue weighted by molar-refractivity contribution is 0.0652. The fraction of sp³-hybridized carbons (Fsp3) is 0.120. The molecule has 1 heterocycles. The zero-order valence-electron chi connectivity index (χ0n) is 15.8. The molecule has 0 fully saturated rings. The number of amides is 2. The first kappa shape index (κ1) is 19.2. The SMILES string of the molecule is O=C1c2ccccc2C(=O)N1CCCc1cccc(/C=C/c2cccc(Cl)c2)c1. The molecule has 0 saturated heterocycles. The van der Waals surface area contributed by atoms with Crippen molar-refractivity contribution in [2.24, 2.45) is 0 Å². The van der Waals surface area contributed by atoms with Gasteiger partial charge in [-0.1, -0.05) is 72.3 Å². The van der Waals surface area contributed by atoms with E-state index < -0.39 is 0 Å². The number of fused-ring (bicyclic) bond motifs is 1. The van der Waals surface area contributed by atoms with Crippen LogP contribution in [-0.4, -0.2) is 23.3 Å². The molecule has 0 aliphatic carbocycles. The molecule has 3 aromatic carbocycles. The van der Waals surface area contributed by atoms with Crippen LogP contribution in [0.5, 0.6) is 0 Å². The van der Waals surface area contributed by atoms with Crippen LogP contribution in [0.25, 0.3) is 12.2 Å². The van der Waals surface area contributed by atoms with Crippen molar-refractivity contribution in [1.82, 2.24) is 4.90 Å². The quantitative estimate of drug-likeness (QED) is 0.390. The number of rotatable bonds is 6. The highest BCUT2D eigenvalue weighted by Crippen LogP contribution is 2.23. The number of halogens is 1. The Morgan fingerprint density at radius 1 is 0.759 bits per heavy atom. The molecule has 0 radical (unpaired) electrons. The van der Waals surface area contributed by atoms with Gasteiger partial charge in [0.05, 0.1) is 11.1 Å². The van der Waals surface area contributed by atoms with E-state index >= 15 is 0 Å². The van der Waals surface area contributed by atoms with Gasteiger partial charge in [0, 0.05) is 11.6 Å². The van der Waals surface area contributed by atoms with E-state index in [1.807, 2.05) is 36.4 Å². The number of aryl methyl sites for hydroxylation is 1. The van der Waals surface area contributed by atoms with Crippen molar-refractivity contribution < 1.29 is 9.59 Å². The molecule has 3 aromatic rings. The van der Waals surface area contributed by atoms with Crippen LogP contribution in [0, 0.1) is 0 Å². The van der Waals surface area contributed by atoms with Crippen molar-refractivity contribution in [1.29, 1.82) is 0 Å². The zero-order chi connectivity index (χ0) is 20.2. The Bertz CT molecular complexity index is 1070. The molecule has 0 unspecified atom stereocenters. The van der Waals surface area contributed by atoms with Gasteiger partial charge in [0.2, 0.25) is 0 Å². The van der Waals surface area contributed by atoms with Crippen molar-refractivity contribution >= 4 is 35.6 Å². The Morgan fingerprint density at radius 3 is 2.03 bits per heavy atom. The van der Waals surface area contributed by atoms with E-state index in [2.05, 4.69) is 24.3 Å². The highest BCUT2D eigenvalue weighted by Gasteiger charge is 2.34. The molecule has 144 valence electrons. The molecule has 2 amide bonds. The van der Waals surface area contributed by atoms with E-state index in [0.29, 0.717) is 22.7 Å². The van der Waals surface area contributed by atoms with Gasteiger partial charge in [-0.2, -0.15) is 0 Å². The van der Waals surface area contributed by atoms with E-state index in [1.54, 1.807) is 24.3 Å². The Kier molecular flexibility index (Phi) is 5.59. The van der Waals surface area contributed by atoms with Crippen molar-refractivity contribution in [2.45, 2.75) is 12.8 Å². The molecule has 3 nitrogen and oxygen atoms in total. The van der Waals surface area contributed by atoms with Crippen LogP contribution in [-0.2, 0) is 6.42 Å². The largest absolute Gasteiger partial charge is 0.274 e. The maximum atomic E-state index is 12.4. The lowest BCUT2D eigenvalue weighted by atomic mass is 10.1. The van der Waals surface area contributed by atoms with Gasteiger partial charge < -0.3 is 0 Å². The van der Waals surface area contributed by atoms with Gasteiger partial charge in [-0.15, -0.1) is 0 Å². The molecular formula is C25H20ClNO2. The predicted molar refractivity (Wildman–Crippen MR) is 117 cm³/mol. The summed E-state index contributed by atoms with van der Waals surface area (Å²) in [5, 5.41) is 0.717. The summed E-state index contributed by atoms with van der Waals surface area (Å²) in [5.74, 6) is -0.382. The van der Waals surface area contributed by atoms with E-state index in [1.165, 1.54) is 10.5 Å². The summed E-state index contributed by atoms with van der Waals surface area (Å²) in [7, 11) is 0. The lowest BCUT2D eigenvalue weighted by Gasteiger charge is -2.13. The minimum atomic E-state index is -0.191. The van der Waals surface area contributed by atoms with Crippen LogP contribution >= 0.6 is 11.6 Å². The Morgan fingerprint density at radius 2 is 1.38 bits per heavy atom. The molecule has 0 saturated carbocycles. The topological polar surface area (TPSA) is 37.4 Å². The number of hydrogen-bond acceptors (Lipinski definition) is 2. The van der Waals surface area contributed by atoms with Gasteiger partial charge in [0.1, 0.15) is 0 Å². The molecule has 0 spiro atoms. The van der Waals surface area contributed by atoms with Gasteiger partial charge >= 0.3 is 0 Å². The summed E-state index contributed by atoms with van der Waals surface area (Å²) >= 11 is 6.03. The third-order valence-electron chi connectivity index (χ3n) is 4.99. The summed E-state index contributed by atoms with van der Waals surface area (Å²) in [4.78, 5) is 26.2. The van der Waals surface area contributed by atoms with E-state index in [4.69, 9.17) is 11.6 Å². The highest BCUT2D eigenvalue weighted by atomic mass is 35.5. The first-order valence-corrected chi connectivity index (χ1v) is 9.97. The van der Waals surface area contributed by atoms with Crippen molar-refractivity contribution in [3.8, 4) is 0 Å². The number of hydrogen-bond donors (Lipinski definition) is 0. The molecule has 0 aromatic heterocycles. The smallest absolute Gasteiger partial charge is 0.261 e. The van der Waals surface area contributed by atoms with Crippen LogP contribution in [0.15, 0.2) is 72.8 Å². The Labute approximate surface area is 175 Å². The maximum absolute atomic E-state index is 12.4. The Balaban J connectivity index is 1.37. The van der Waals surface area contributed by atoms with E-state index in [-0.39, 0.29) is 11.8 Å². The first-order chi connectivity index (χ1) is 14.1. The zero-order valence-corrected chi connectivity index (χ0v) is 16.6. The molecule has 0 N–H and O–H groups in total. The second-order valence-electron chi connectivity index (χ2n) is 7.04. The number of carbonyl (C=O) groups is 2. The van der Waals surface area contributed by atoms with Gasteiger partial charge in [-0.3, -0.25) is 14.5 Å². The molecular weight excluding hydrogens is 382 g/mol. The normalized spacial score (nSPS) is 13.3. The number of imide groups is 1. The second kappa shape index (κ2) is 8.46. The molecule has 0 atom stereocenters. The van der Waals surface area contributed by atoms with Gasteiger partial charge in [-0.05, 0) is 53.8 Å². The summed E-state index contributed by atoms with van der Waals surface area (Å²) in [6, 6.07) is 23.0. The highest BCUT2D eigenvalue weighted by molar-refractivity contribution is 6.30. The van der Waals surface area contributed by atoms with Crippen molar-refractivity contribution in [3.05, 3.63) is 106 Å². The molecule has 1 aliphatic heterocycles. The molecule has 29 heavy (non-hydrogen) atoms. The van der Waals surface area contributed by atoms with Crippen LogP contribution < -0.4 is 0 Å². The van der Waals surface area contributed by atoms with Crippen molar-refractivity contribution in [2.75, 3.05) is 6.54 Å². The second-order valence-corrected chi connectivity index (χ2v) is 7.48. The van der Waals surface area contributed by atoms with Crippen LogP contribution in [0.2, 0.25) is 5.02 Å². The average molecular weight is 402 g/mol. The number of carbonyl (C=O) groups excluding carboxylic acids is 2. The Hall–Kier alpha value is -3.17. The fourth-order valence-corrected chi connectivity index (χ4v) is 3.74. The standard InChI is InChI=1S/C25H20ClNO2/c26-21-10-4-8-20(17-21)14-13-19-7-3-6-18(16-19)9-5-15-27-24(28)22-11-1-2-12-23(22)25(27)29/h1-4,6-8,10-14,16-17H,5,9,15H2/b14-13+. The molecule has 4 heteroatoms. The number of nitrogens with zero attached hydrogens (tertiary/aromatic N) is 1. The van der Waals surface area contributed by atoms with Crippen LogP contribution in [0.3, 0.4) is 0 Å². The fourth-order valence-electron chi connectivity index (χ4n) is 3.54. The minimum Gasteiger partial charge on any atom is -0.274 e. The summed E-state index contributed by atoms with van der Waals surface area (Å²) in [5.41, 5.74) is 4.34. The average Bonchev–Trinajstić information content (AvgIpc) is 2.98. The first-order valence-electron chi connectivity index (χ1n) is 9.59. The van der Waals surface area contributed by atoms with Gasteiger partial charge in [0.15, 0.2) is 0 Å². The summed E-state index contributed by atoms with van der Waals surface area (Å²) in [6.45, 7) is 0.426. The predicted octanol–water partition coefficient (Wildman–Crippen LogP) is 5.74. The van der Waals surface area contributed by atoms with Gasteiger partial charge in [0.25, 0.3) is 11.8 Å². The maximum Gasteiger partial charge on any atom is 0.261 e. The third-order valence-corrected chi connectivity index (χ3v) is 5.23. The van der Waals surface area contributed by atoms with E-state index in [0.717, 1.165) is 24.0 Å². The van der Waals surface area contributed by atoms with Crippen LogP contribution in [0.1, 0.15) is 43.8 Å². The van der Waals surface area contributed by atoms with Crippen molar-refractivity contribution in [3.63, 3.8) is 0 Å². The summed E-state index contributed by atoms with van der Waals surface area (Å²) in [6.07, 6.45) is 5.61. The minimum absolute atomic E-state index is 0.191. The number of benzene rings is 3. The van der Waals surface area contributed by atoms with Gasteiger partial charge in [-0.25, -0.2) is 0 Å². The van der Waals surface area contributed by atoms with Crippen LogP contribution in [0.4, 0.5) is 0 Å². The molecule has 0 bridgehead atoms. The molecule has 1 aliphatic rings. The lowest BCUT2D eigenvalue weighted by Crippen LogP contribution is -2.30. The summed E-state index contributed by atoms with van der Waals surface area (Å²) < 4.78 is 0. The monoisotopic (exact) mass is 401 g/mol. The molecule has 4 rings (SSSR count). The third kappa shape index (κ3) is 4.30. The van der Waals surface area contributed by atoms with E-state index in [9.17, 15) is 9.59 Å².